The number of hydrogen-bond donors (Lipinski definition) is 1. The number of hydrogen-bond acceptors (Lipinski definition) is 12. The molecule has 0 spiro atoms. The minimum atomic E-state index is -0.851. The van der Waals surface area contributed by atoms with E-state index in [4.69, 9.17) is 28.4 Å². The molecule has 1 N–H and O–H groups in total. The number of ether oxygens (including phenoxy) is 6. The fourth-order valence-corrected chi connectivity index (χ4v) is 7.58. The van der Waals surface area contributed by atoms with Gasteiger partial charge in [0.1, 0.15) is 24.5 Å². The van der Waals surface area contributed by atoms with Crippen molar-refractivity contribution in [1.82, 2.24) is 0 Å². The monoisotopic (exact) mass is 859 g/mol. The average molecular weight is 859 g/mol. The third kappa shape index (κ3) is 22.1. The number of allylic oxidation sites excluding steroid dienone is 2. The number of aliphatic hydroxyl groups is 1. The Bertz CT molecular complexity index is 1500. The predicted octanol–water partition coefficient (Wildman–Crippen LogP) is 10.9. The first kappa shape index (κ1) is 53.2. The van der Waals surface area contributed by atoms with Crippen molar-refractivity contribution in [3.63, 3.8) is 0 Å². The number of carbonyl (C=O) groups is 5. The molecule has 0 aromatic heterocycles. The van der Waals surface area contributed by atoms with E-state index in [9.17, 15) is 29.1 Å². The minimum Gasteiger partial charge on any atom is -0.496 e. The third-order valence-corrected chi connectivity index (χ3v) is 11.4. The first-order chi connectivity index (χ1) is 29.6. The van der Waals surface area contributed by atoms with Gasteiger partial charge in [-0.25, -0.2) is 4.79 Å². The fraction of sp³-hybridized carbons (Fsp3) is 0.735. The average Bonchev–Trinajstić information content (AvgIpc) is 3.65. The minimum absolute atomic E-state index is 0.0850. The lowest BCUT2D eigenvalue weighted by Gasteiger charge is -2.19. The molecule has 1 aromatic carbocycles. The summed E-state index contributed by atoms with van der Waals surface area (Å²) in [4.78, 5) is 62.0. The van der Waals surface area contributed by atoms with Crippen molar-refractivity contribution < 1.29 is 57.5 Å². The van der Waals surface area contributed by atoms with Crippen LogP contribution in [0.1, 0.15) is 208 Å². The summed E-state index contributed by atoms with van der Waals surface area (Å²) < 4.78 is 32.3. The van der Waals surface area contributed by atoms with Gasteiger partial charge in [-0.1, -0.05) is 134 Å². The molecule has 1 heterocycles. The van der Waals surface area contributed by atoms with Gasteiger partial charge in [0.15, 0.2) is 11.9 Å². The van der Waals surface area contributed by atoms with Crippen molar-refractivity contribution >= 4 is 29.8 Å². The van der Waals surface area contributed by atoms with E-state index < -0.39 is 30.6 Å². The Morgan fingerprint density at radius 1 is 0.672 bits per heavy atom. The quantitative estimate of drug-likeness (QED) is 0.0224. The number of esters is 5. The van der Waals surface area contributed by atoms with Crippen LogP contribution in [0, 0.1) is 6.92 Å². The maximum atomic E-state index is 13.1. The molecule has 12 nitrogen and oxygen atoms in total. The highest BCUT2D eigenvalue weighted by Gasteiger charge is 2.34. The second kappa shape index (κ2) is 32.7. The van der Waals surface area contributed by atoms with E-state index >= 15 is 0 Å². The van der Waals surface area contributed by atoms with Gasteiger partial charge in [-0.2, -0.15) is 0 Å². The smallest absolute Gasteiger partial charge is 0.342 e. The molecular formula is C49H78O12. The third-order valence-electron chi connectivity index (χ3n) is 11.4. The van der Waals surface area contributed by atoms with Gasteiger partial charge in [-0.15, -0.1) is 0 Å². The number of unbranched alkanes of at least 4 members (excludes halogenated alkanes) is 19. The van der Waals surface area contributed by atoms with Crippen LogP contribution in [0.25, 0.3) is 0 Å². The molecule has 1 unspecified atom stereocenters. The number of carbonyl (C=O) groups excluding carboxylic acids is 5. The van der Waals surface area contributed by atoms with Crippen molar-refractivity contribution in [2.75, 3.05) is 27.4 Å². The van der Waals surface area contributed by atoms with Gasteiger partial charge in [0.2, 0.25) is 0 Å². The highest BCUT2D eigenvalue weighted by atomic mass is 16.6. The van der Waals surface area contributed by atoms with E-state index in [-0.39, 0.29) is 55.7 Å². The zero-order valence-electron chi connectivity index (χ0n) is 38.3. The topological polar surface area (TPSA) is 161 Å². The first-order valence-electron chi connectivity index (χ1n) is 23.3. The predicted molar refractivity (Wildman–Crippen MR) is 236 cm³/mol. The van der Waals surface area contributed by atoms with Gasteiger partial charge in [-0.05, 0) is 51.5 Å². The van der Waals surface area contributed by atoms with Crippen LogP contribution < -0.4 is 9.47 Å². The van der Waals surface area contributed by atoms with Crippen LogP contribution in [0.5, 0.6) is 11.5 Å². The normalized spacial score (nSPS) is 12.8. The van der Waals surface area contributed by atoms with Crippen LogP contribution in [-0.2, 0) is 51.2 Å². The van der Waals surface area contributed by atoms with E-state index in [1.54, 1.807) is 7.11 Å². The summed E-state index contributed by atoms with van der Waals surface area (Å²) in [5.74, 6) is -1.27. The Labute approximate surface area is 366 Å². The molecular weight excluding hydrogens is 781 g/mol. The number of rotatable bonds is 36. The Hall–Kier alpha value is -3.93. The fourth-order valence-electron chi connectivity index (χ4n) is 7.58. The van der Waals surface area contributed by atoms with Crippen LogP contribution in [0.2, 0.25) is 0 Å². The standard InChI is InChI=1S/C49H78O12/c1-6-7-8-9-10-11-12-13-14-15-18-21-24-27-43(52)58-35-39(34-50)60-44(53)28-25-22-19-16-17-20-23-26-29-45(54)61-48-40(32-30-37(2)31-33-42(51)56-4)47(57-5)38(3)41-36-59-49(55)46(41)48/h30,39,50H,6-29,31-36H2,1-5H3/b37-30+. The highest BCUT2D eigenvalue weighted by molar-refractivity contribution is 5.99. The molecule has 0 bridgehead atoms. The summed E-state index contributed by atoms with van der Waals surface area (Å²) in [5, 5.41) is 9.64. The summed E-state index contributed by atoms with van der Waals surface area (Å²) >= 11 is 0. The van der Waals surface area contributed by atoms with Crippen molar-refractivity contribution in [3.05, 3.63) is 33.9 Å². The van der Waals surface area contributed by atoms with Gasteiger partial charge in [0.05, 0.1) is 20.8 Å². The number of fused-ring (bicyclic) bond motifs is 1. The molecule has 2 rings (SSSR count). The Kier molecular flexibility index (Phi) is 28.6. The Morgan fingerprint density at radius 2 is 1.18 bits per heavy atom. The SMILES string of the molecule is CCCCCCCCCCCCCCCC(=O)OCC(CO)OC(=O)CCCCCCCCCCC(=O)Oc1c(C/C=C(\C)CCC(=O)OC)c(OC)c(C)c2c1C(=O)OC2. The van der Waals surface area contributed by atoms with E-state index in [1.165, 1.54) is 71.3 Å². The van der Waals surface area contributed by atoms with Gasteiger partial charge in [0.25, 0.3) is 0 Å². The maximum Gasteiger partial charge on any atom is 0.342 e. The van der Waals surface area contributed by atoms with Crippen LogP contribution in [0.3, 0.4) is 0 Å². The molecule has 1 aromatic rings. The molecule has 1 atom stereocenters. The molecule has 61 heavy (non-hydrogen) atoms. The molecule has 1 aliphatic rings. The lowest BCUT2D eigenvalue weighted by Crippen LogP contribution is -2.28. The molecule has 12 heteroatoms. The number of methoxy groups -OCH3 is 2. The summed E-state index contributed by atoms with van der Waals surface area (Å²) in [6.07, 6.45) is 26.0. The first-order valence-corrected chi connectivity index (χ1v) is 23.3. The van der Waals surface area contributed by atoms with Crippen molar-refractivity contribution in [3.8, 4) is 11.5 Å². The van der Waals surface area contributed by atoms with E-state index in [0.29, 0.717) is 49.0 Å². The molecule has 0 saturated carbocycles. The van der Waals surface area contributed by atoms with Gasteiger partial charge in [-0.3, -0.25) is 19.2 Å². The lowest BCUT2D eigenvalue weighted by molar-refractivity contribution is -0.161. The van der Waals surface area contributed by atoms with Crippen LogP contribution >= 0.6 is 0 Å². The lowest BCUT2D eigenvalue weighted by atomic mass is 9.94. The van der Waals surface area contributed by atoms with Gasteiger partial charge in [0, 0.05) is 36.8 Å². The van der Waals surface area contributed by atoms with Crippen LogP contribution in [0.4, 0.5) is 0 Å². The number of benzene rings is 1. The number of cyclic esters (lactones) is 1. The molecule has 0 amide bonds. The Balaban J connectivity index is 1.59. The molecule has 0 radical (unpaired) electrons. The largest absolute Gasteiger partial charge is 0.496 e. The molecule has 0 fully saturated rings. The maximum absolute atomic E-state index is 13.1. The zero-order chi connectivity index (χ0) is 44.7. The summed E-state index contributed by atoms with van der Waals surface area (Å²) in [5.41, 5.74) is 3.21. The van der Waals surface area contributed by atoms with Crippen LogP contribution in [-0.4, -0.2) is 68.5 Å². The molecule has 0 aliphatic carbocycles. The summed E-state index contributed by atoms with van der Waals surface area (Å²) in [6.45, 7) is 5.57. The molecule has 1 aliphatic heterocycles. The summed E-state index contributed by atoms with van der Waals surface area (Å²) in [7, 11) is 2.90. The van der Waals surface area contributed by atoms with Crippen molar-refractivity contribution in [1.29, 1.82) is 0 Å². The summed E-state index contributed by atoms with van der Waals surface area (Å²) in [6, 6.07) is 0. The van der Waals surface area contributed by atoms with E-state index in [2.05, 4.69) is 6.92 Å². The second-order valence-electron chi connectivity index (χ2n) is 16.5. The van der Waals surface area contributed by atoms with E-state index in [1.807, 2.05) is 19.9 Å². The zero-order valence-corrected chi connectivity index (χ0v) is 38.3. The van der Waals surface area contributed by atoms with Crippen molar-refractivity contribution in [2.45, 2.75) is 207 Å². The Morgan fingerprint density at radius 3 is 1.69 bits per heavy atom. The molecule has 0 saturated heterocycles. The van der Waals surface area contributed by atoms with Crippen LogP contribution in [0.15, 0.2) is 11.6 Å². The van der Waals surface area contributed by atoms with Gasteiger partial charge >= 0.3 is 29.8 Å². The van der Waals surface area contributed by atoms with E-state index in [0.717, 1.165) is 68.9 Å². The van der Waals surface area contributed by atoms with Gasteiger partial charge < -0.3 is 33.5 Å². The van der Waals surface area contributed by atoms with Crippen molar-refractivity contribution in [2.24, 2.45) is 0 Å². The second-order valence-corrected chi connectivity index (χ2v) is 16.5. The molecule has 346 valence electrons. The number of aliphatic hydroxyl groups excluding tert-OH is 1. The highest BCUT2D eigenvalue weighted by Crippen LogP contribution is 2.43.